The number of benzene rings is 1. The van der Waals surface area contributed by atoms with E-state index in [9.17, 15) is 4.79 Å². The summed E-state index contributed by atoms with van der Waals surface area (Å²) in [6.45, 7) is 7.42. The highest BCUT2D eigenvalue weighted by Gasteiger charge is 2.33. The molecule has 0 amide bonds. The van der Waals surface area contributed by atoms with Crippen molar-refractivity contribution in [2.45, 2.75) is 33.7 Å². The maximum absolute atomic E-state index is 12.1. The number of nitrogens with zero attached hydrogens (tertiary/aromatic N) is 2. The molecule has 0 spiro atoms. The second-order valence-electron chi connectivity index (χ2n) is 6.36. The lowest BCUT2D eigenvalue weighted by atomic mass is 10.1. The second kappa shape index (κ2) is 5.95. The number of carbonyl (C=O) groups is 1. The molecule has 1 aliphatic carbocycles. The topological polar surface area (TPSA) is 44.1 Å². The molecule has 1 saturated carbocycles. The normalized spacial score (nSPS) is 20.0. The fraction of sp³-hybridized carbons (Fsp3) is 0.444. The smallest absolute Gasteiger partial charge is 0.338 e. The molecule has 0 aliphatic heterocycles. The van der Waals surface area contributed by atoms with Crippen LogP contribution in [0.5, 0.6) is 0 Å². The Morgan fingerprint density at radius 3 is 2.77 bits per heavy atom. The van der Waals surface area contributed by atoms with Gasteiger partial charge in [0.1, 0.15) is 0 Å². The number of aromatic nitrogens is 2. The molecule has 2 aromatic rings. The first-order valence-corrected chi connectivity index (χ1v) is 7.80. The summed E-state index contributed by atoms with van der Waals surface area (Å²) in [5.74, 6) is 1.03. The molecule has 4 heteroatoms. The average molecular weight is 298 g/mol. The molecule has 1 aromatic carbocycles. The summed E-state index contributed by atoms with van der Waals surface area (Å²) >= 11 is 0. The molecule has 1 aliphatic rings. The molecular formula is C18H22N2O2. The van der Waals surface area contributed by atoms with E-state index in [1.54, 1.807) is 0 Å². The van der Waals surface area contributed by atoms with Gasteiger partial charge >= 0.3 is 5.97 Å². The van der Waals surface area contributed by atoms with Crippen molar-refractivity contribution in [3.8, 4) is 0 Å². The Kier molecular flexibility index (Phi) is 4.01. The van der Waals surface area contributed by atoms with Gasteiger partial charge in [-0.2, -0.15) is 5.10 Å². The third kappa shape index (κ3) is 3.38. The Morgan fingerprint density at radius 2 is 2.14 bits per heavy atom. The third-order valence-corrected chi connectivity index (χ3v) is 4.30. The van der Waals surface area contributed by atoms with Crippen LogP contribution in [0.25, 0.3) is 0 Å². The van der Waals surface area contributed by atoms with Gasteiger partial charge in [-0.15, -0.1) is 0 Å². The molecule has 22 heavy (non-hydrogen) atoms. The summed E-state index contributed by atoms with van der Waals surface area (Å²) in [5.41, 5.74) is 3.80. The zero-order valence-electron chi connectivity index (χ0n) is 13.4. The fourth-order valence-electron chi connectivity index (χ4n) is 2.70. The summed E-state index contributed by atoms with van der Waals surface area (Å²) in [7, 11) is 0. The molecule has 116 valence electrons. The number of esters is 1. The van der Waals surface area contributed by atoms with Crippen molar-refractivity contribution in [2.75, 3.05) is 6.61 Å². The number of carbonyl (C=O) groups excluding carboxylic acids is 1. The van der Waals surface area contributed by atoms with E-state index in [2.05, 4.69) is 18.1 Å². The van der Waals surface area contributed by atoms with E-state index in [4.69, 9.17) is 4.74 Å². The number of aryl methyl sites for hydroxylation is 2. The predicted molar refractivity (Wildman–Crippen MR) is 84.8 cm³/mol. The van der Waals surface area contributed by atoms with Crippen LogP contribution in [-0.4, -0.2) is 22.4 Å². The van der Waals surface area contributed by atoms with Crippen LogP contribution in [0.1, 0.15) is 40.7 Å². The molecule has 0 bridgehead atoms. The molecule has 0 saturated heterocycles. The Labute approximate surface area is 131 Å². The lowest BCUT2D eigenvalue weighted by Crippen LogP contribution is -2.09. The summed E-state index contributed by atoms with van der Waals surface area (Å²) in [4.78, 5) is 12.1. The van der Waals surface area contributed by atoms with Gasteiger partial charge < -0.3 is 4.74 Å². The van der Waals surface area contributed by atoms with E-state index in [0.717, 1.165) is 17.0 Å². The van der Waals surface area contributed by atoms with Crippen molar-refractivity contribution < 1.29 is 9.53 Å². The summed E-state index contributed by atoms with van der Waals surface area (Å²) in [5, 5.41) is 4.46. The van der Waals surface area contributed by atoms with E-state index in [1.807, 2.05) is 42.8 Å². The van der Waals surface area contributed by atoms with Crippen molar-refractivity contribution in [1.29, 1.82) is 0 Å². The van der Waals surface area contributed by atoms with Crippen LogP contribution in [0.3, 0.4) is 0 Å². The second-order valence-corrected chi connectivity index (χ2v) is 6.36. The van der Waals surface area contributed by atoms with Gasteiger partial charge in [0.15, 0.2) is 0 Å². The highest BCUT2D eigenvalue weighted by atomic mass is 16.5. The number of rotatable bonds is 5. The molecule has 0 radical (unpaired) electrons. The molecule has 1 heterocycles. The lowest BCUT2D eigenvalue weighted by Gasteiger charge is -2.08. The lowest BCUT2D eigenvalue weighted by molar-refractivity contribution is 0.0481. The van der Waals surface area contributed by atoms with E-state index in [1.165, 1.54) is 6.42 Å². The minimum atomic E-state index is -0.227. The largest absolute Gasteiger partial charge is 0.462 e. The maximum Gasteiger partial charge on any atom is 0.338 e. The van der Waals surface area contributed by atoms with Crippen molar-refractivity contribution in [3.63, 3.8) is 0 Å². The van der Waals surface area contributed by atoms with Gasteiger partial charge in [-0.05, 0) is 55.9 Å². The van der Waals surface area contributed by atoms with Gasteiger partial charge in [0, 0.05) is 5.69 Å². The molecule has 3 rings (SSSR count). The molecule has 1 aromatic heterocycles. The van der Waals surface area contributed by atoms with Gasteiger partial charge in [0.2, 0.25) is 0 Å². The quantitative estimate of drug-likeness (QED) is 0.795. The van der Waals surface area contributed by atoms with Crippen molar-refractivity contribution >= 4 is 5.97 Å². The highest BCUT2D eigenvalue weighted by molar-refractivity contribution is 5.89. The Balaban J connectivity index is 1.66. The summed E-state index contributed by atoms with van der Waals surface area (Å²) < 4.78 is 7.34. The molecular weight excluding hydrogens is 276 g/mol. The Bertz CT molecular complexity index is 690. The minimum Gasteiger partial charge on any atom is -0.462 e. The molecule has 1 fully saturated rings. The first kappa shape index (κ1) is 14.8. The SMILES string of the molecule is Cc1cc(C)n(Cc2cccc(C(=O)OCC3CC3C)c2)n1. The monoisotopic (exact) mass is 298 g/mol. The van der Waals surface area contributed by atoms with Crippen LogP contribution >= 0.6 is 0 Å². The van der Waals surface area contributed by atoms with Crippen molar-refractivity contribution in [3.05, 3.63) is 52.8 Å². The predicted octanol–water partition coefficient (Wildman–Crippen LogP) is 3.36. The van der Waals surface area contributed by atoms with Gasteiger partial charge in [0.05, 0.1) is 24.4 Å². The third-order valence-electron chi connectivity index (χ3n) is 4.30. The van der Waals surface area contributed by atoms with Gasteiger partial charge in [-0.3, -0.25) is 4.68 Å². The van der Waals surface area contributed by atoms with E-state index < -0.39 is 0 Å². The van der Waals surface area contributed by atoms with Crippen LogP contribution in [-0.2, 0) is 11.3 Å². The van der Waals surface area contributed by atoms with E-state index in [-0.39, 0.29) is 5.97 Å². The van der Waals surface area contributed by atoms with Gasteiger partial charge in [-0.1, -0.05) is 19.1 Å². The summed E-state index contributed by atoms with van der Waals surface area (Å²) in [6, 6.07) is 9.67. The first-order valence-electron chi connectivity index (χ1n) is 7.80. The molecule has 0 N–H and O–H groups in total. The number of hydrogen-bond donors (Lipinski definition) is 0. The van der Waals surface area contributed by atoms with Crippen LogP contribution in [0.4, 0.5) is 0 Å². The maximum atomic E-state index is 12.1. The zero-order chi connectivity index (χ0) is 15.7. The fourth-order valence-corrected chi connectivity index (χ4v) is 2.70. The van der Waals surface area contributed by atoms with Gasteiger partial charge in [0.25, 0.3) is 0 Å². The van der Waals surface area contributed by atoms with Crippen LogP contribution in [0.15, 0.2) is 30.3 Å². The van der Waals surface area contributed by atoms with Crippen molar-refractivity contribution in [2.24, 2.45) is 11.8 Å². The molecule has 2 atom stereocenters. The Hall–Kier alpha value is -2.10. The number of ether oxygens (including phenoxy) is 1. The summed E-state index contributed by atoms with van der Waals surface area (Å²) in [6.07, 6.45) is 1.17. The van der Waals surface area contributed by atoms with Crippen molar-refractivity contribution in [1.82, 2.24) is 9.78 Å². The van der Waals surface area contributed by atoms with Gasteiger partial charge in [-0.25, -0.2) is 4.79 Å². The Morgan fingerprint density at radius 1 is 1.36 bits per heavy atom. The standard InChI is InChI=1S/C18H22N2O2/c1-12-7-17(12)11-22-18(21)16-6-4-5-15(9-16)10-20-14(3)8-13(2)19-20/h4-6,8-9,12,17H,7,10-11H2,1-3H3. The average Bonchev–Trinajstić information content (AvgIpc) is 3.10. The zero-order valence-corrected chi connectivity index (χ0v) is 13.4. The number of hydrogen-bond acceptors (Lipinski definition) is 3. The molecule has 2 unspecified atom stereocenters. The first-order chi connectivity index (χ1) is 10.5. The van der Waals surface area contributed by atoms with Crippen LogP contribution in [0, 0.1) is 25.7 Å². The van der Waals surface area contributed by atoms with E-state index in [0.29, 0.717) is 30.6 Å². The van der Waals surface area contributed by atoms with Crippen LogP contribution in [0.2, 0.25) is 0 Å². The molecule has 4 nitrogen and oxygen atoms in total. The minimum absolute atomic E-state index is 0.227. The van der Waals surface area contributed by atoms with Crippen LogP contribution < -0.4 is 0 Å². The van der Waals surface area contributed by atoms with E-state index >= 15 is 0 Å². The highest BCUT2D eigenvalue weighted by Crippen LogP contribution is 2.37.